The molecule has 7 atom stereocenters. The van der Waals surface area contributed by atoms with Crippen molar-refractivity contribution in [3.05, 3.63) is 339 Å². The number of ketones is 3. The van der Waals surface area contributed by atoms with Crippen LogP contribution in [0.1, 0.15) is 176 Å². The quantitative estimate of drug-likeness (QED) is 0.0147. The molecule has 11 aromatic rings. The lowest BCUT2D eigenvalue weighted by Crippen LogP contribution is -2.46. The molecule has 0 bridgehead atoms. The lowest BCUT2D eigenvalue weighted by Gasteiger charge is -2.37. The van der Waals surface area contributed by atoms with Crippen LogP contribution in [0.15, 0.2) is 276 Å². The van der Waals surface area contributed by atoms with Gasteiger partial charge in [-0.15, -0.1) is 0 Å². The number of aliphatic hydroxyl groups excluding tert-OH is 2. The summed E-state index contributed by atoms with van der Waals surface area (Å²) in [5, 5.41) is 56.2. The number of benzene rings is 13. The third-order valence-electron chi connectivity index (χ3n) is 26.9. The Hall–Kier alpha value is -15.5. The second-order valence-electron chi connectivity index (χ2n) is 39.2. The molecule has 0 radical (unpaired) electrons. The third-order valence-corrected chi connectivity index (χ3v) is 27.5. The molecule has 2 unspecified atom stereocenters. The Labute approximate surface area is 866 Å². The van der Waals surface area contributed by atoms with E-state index in [4.69, 9.17) is 61.5 Å². The summed E-state index contributed by atoms with van der Waals surface area (Å²) in [5.74, 6) is 1.28. The summed E-state index contributed by atoms with van der Waals surface area (Å²) in [6, 6.07) is 81.6. The maximum absolute atomic E-state index is 14.2. The monoisotopic (exact) mass is 2010 g/mol. The summed E-state index contributed by atoms with van der Waals surface area (Å²) in [6.45, 7) is 15.6. The SMILES string of the molecule is C.C.CC(=O)C[C@@H](CC(C)C)C(=O)N[C@@H](CC(C)C)C(=O)C[C@@H](Cc1ccc(O)cc1)C(=O)Nc1ccc2c(c1)Oc1cc(N)ccc1C21OCc2ccccc21.CSCC[C@H](CC(=O)[C@H](CC(C)C)NC(C)=O)C(=O)Nc1ccc2c(c1)Oc1cc(N)ccc1C21OCc2ccccc21.Nc1ccc2c(-c3ccccc3CO)c3ccc(=[NH2+])cc-3oc2c1.Nc1ccc2c(-c3ccccc3CO)c3ccc(=[NH2+])cc-3oc2c1. The standard InChI is InChI=1S/C45H51N3O7.C34H39N3O5S.2C20H16N2O2.2CH4/c1-26(2)18-31(20-28(5)49)44(53)48-39(19-27(3)4)40(51)22-32(21-29-10-14-35(50)15-11-29)43(52)47-34-13-17-38-42(24-34)55-41-23-33(46)12-16-37(41)45(38)36-9-7-6-8-30(36)25-54-45;1-20(2)15-29(36-21(3)38)30(39)16-22(13-14-43-4)33(40)37-25-10-12-28-32(18-25)42-31-17-24(35)9-11-27(31)34(28)26-8-6-5-7-23(26)19-41-34;2*21-13-5-7-16-18(9-13)24-19-10-14(22)6-8-17(19)20(16)15-4-2-1-3-12(15)11-23;;/h6-17,23-24,26-27,31-32,39,50H,18-22,25,46H2,1-5H3,(H,47,52)(H,48,53);5-12,17-18,20,22,29H,13-16,19,35H2,1-4H3,(H,36,38)(H,37,40);2*1-10,21,23H,11,22H2;2*1H4/p+2/t31-,32-,39+,45?;22-,29+,34?;;;;/m11..../s1. The smallest absolute Gasteiger partial charge is 0.228 e. The number of hydrogen-bond donors (Lipinski definition) is 13. The number of nitrogens with one attached hydrogen (secondary N) is 4. The van der Waals surface area contributed by atoms with Crippen molar-refractivity contribution >= 4 is 109 Å². The van der Waals surface area contributed by atoms with E-state index < -0.39 is 41.0 Å². The van der Waals surface area contributed by atoms with Crippen molar-refractivity contribution in [3.8, 4) is 73.6 Å². The summed E-state index contributed by atoms with van der Waals surface area (Å²) >= 11 is 1.62. The number of thioether (sulfide) groups is 1. The molecular formula is C121H132N10O16S+2. The normalized spacial score (nSPS) is 15.1. The van der Waals surface area contributed by atoms with Crippen LogP contribution in [-0.2, 0) is 87.1 Å². The van der Waals surface area contributed by atoms with Gasteiger partial charge in [-0.1, -0.05) is 166 Å². The van der Waals surface area contributed by atoms with Gasteiger partial charge in [0.1, 0.15) is 57.2 Å². The summed E-state index contributed by atoms with van der Waals surface area (Å²) in [5.41, 5.74) is 43.1. The molecule has 148 heavy (non-hydrogen) atoms. The van der Waals surface area contributed by atoms with Crippen molar-refractivity contribution in [1.82, 2.24) is 10.6 Å². The predicted octanol–water partition coefficient (Wildman–Crippen LogP) is 19.0. The second-order valence-corrected chi connectivity index (χ2v) is 40.2. The van der Waals surface area contributed by atoms with Gasteiger partial charge in [-0.05, 0) is 216 Å². The third kappa shape index (κ3) is 23.9. The number of nitrogen functional groups attached to an aromatic ring is 4. The van der Waals surface area contributed by atoms with Crippen LogP contribution in [-0.4, -0.2) is 80.4 Å². The van der Waals surface area contributed by atoms with E-state index in [1.807, 2.05) is 242 Å². The van der Waals surface area contributed by atoms with Crippen molar-refractivity contribution in [2.45, 2.75) is 171 Å². The van der Waals surface area contributed by atoms with Gasteiger partial charge in [0.2, 0.25) is 23.6 Å². The highest BCUT2D eigenvalue weighted by Crippen LogP contribution is 2.59. The maximum atomic E-state index is 14.2. The molecule has 0 aromatic heterocycles. The molecule has 6 heterocycles. The Morgan fingerprint density at radius 1 is 0.419 bits per heavy atom. The summed E-state index contributed by atoms with van der Waals surface area (Å²) in [7, 11) is 0. The lowest BCUT2D eigenvalue weighted by atomic mass is 9.77. The van der Waals surface area contributed by atoms with Crippen LogP contribution in [0.25, 0.3) is 66.8 Å². The predicted molar refractivity (Wildman–Crippen MR) is 583 cm³/mol. The summed E-state index contributed by atoms with van der Waals surface area (Å²) < 4.78 is 38.1. The van der Waals surface area contributed by atoms with E-state index in [1.54, 1.807) is 66.4 Å². The minimum Gasteiger partial charge on any atom is -0.508 e. The zero-order valence-electron chi connectivity index (χ0n) is 83.2. The Morgan fingerprint density at radius 2 is 0.824 bits per heavy atom. The molecule has 6 aliphatic heterocycles. The fraction of sp³-hybridized carbons (Fsp3) is 0.281. The summed E-state index contributed by atoms with van der Waals surface area (Å²) in [4.78, 5) is 92.6. The molecule has 0 fully saturated rings. The lowest BCUT2D eigenvalue weighted by molar-refractivity contribution is -0.173. The number of fused-ring (bicyclic) bond motifs is 16. The zero-order valence-corrected chi connectivity index (χ0v) is 84.1. The number of aliphatic hydroxyl groups is 2. The van der Waals surface area contributed by atoms with Crippen molar-refractivity contribution in [1.29, 1.82) is 0 Å². The van der Waals surface area contributed by atoms with E-state index in [0.29, 0.717) is 129 Å². The van der Waals surface area contributed by atoms with E-state index in [1.165, 1.54) is 13.8 Å². The molecular weight excluding hydrogens is 1880 g/mol. The molecule has 27 heteroatoms. The first kappa shape index (κ1) is 108. The van der Waals surface area contributed by atoms with Gasteiger partial charge in [-0.3, -0.25) is 39.6 Å². The molecule has 4 amide bonds. The van der Waals surface area contributed by atoms with Crippen LogP contribution >= 0.6 is 11.8 Å². The van der Waals surface area contributed by atoms with Crippen molar-refractivity contribution in [2.24, 2.45) is 35.5 Å². The summed E-state index contributed by atoms with van der Waals surface area (Å²) in [6.07, 6.45) is 4.14. The van der Waals surface area contributed by atoms with Gasteiger partial charge in [-0.2, -0.15) is 11.8 Å². The number of phenols is 1. The number of Topliss-reactive ketones (excluding diaryl/α,β-unsaturated/α-hetero) is 3. The Bertz CT molecular complexity index is 7330. The fourth-order valence-corrected chi connectivity index (χ4v) is 20.7. The highest BCUT2D eigenvalue weighted by Gasteiger charge is 2.52. The highest BCUT2D eigenvalue weighted by atomic mass is 32.2. The van der Waals surface area contributed by atoms with Gasteiger partial charge >= 0.3 is 0 Å². The first-order valence-electron chi connectivity index (χ1n) is 49.2. The number of ether oxygens (including phenoxy) is 4. The largest absolute Gasteiger partial charge is 0.508 e. The number of nitrogens with two attached hydrogens (primary N) is 6. The van der Waals surface area contributed by atoms with Crippen molar-refractivity contribution in [2.75, 3.05) is 45.6 Å². The minimum absolute atomic E-state index is 0. The van der Waals surface area contributed by atoms with E-state index >= 15 is 0 Å². The molecule has 2 spiro atoms. The molecule has 2 aliphatic carbocycles. The fourth-order valence-electron chi connectivity index (χ4n) is 20.2. The number of rotatable bonds is 30. The number of amides is 4. The molecule has 26 nitrogen and oxygen atoms in total. The van der Waals surface area contributed by atoms with Crippen molar-refractivity contribution < 1.29 is 87.5 Å². The Kier molecular flexibility index (Phi) is 34.6. The second kappa shape index (κ2) is 47.3. The van der Waals surface area contributed by atoms with Gasteiger partial charge in [0.25, 0.3) is 0 Å². The van der Waals surface area contributed by atoms with Gasteiger partial charge in [0, 0.05) is 182 Å². The van der Waals surface area contributed by atoms with E-state index in [-0.39, 0.29) is 118 Å². The number of phenolic OH excluding ortho intramolecular Hbond substituents is 1. The van der Waals surface area contributed by atoms with Gasteiger partial charge < -0.3 is 92.1 Å². The van der Waals surface area contributed by atoms with Crippen molar-refractivity contribution in [3.63, 3.8) is 0 Å². The van der Waals surface area contributed by atoms with Crippen LogP contribution in [0.5, 0.6) is 28.7 Å². The molecule has 0 saturated heterocycles. The topological polar surface area (TPSA) is 447 Å². The first-order chi connectivity index (χ1) is 70.2. The molecule has 11 aromatic carbocycles. The van der Waals surface area contributed by atoms with E-state index in [9.17, 15) is 48.9 Å². The Balaban J connectivity index is 0.000000164. The van der Waals surface area contributed by atoms with Gasteiger partial charge in [0.15, 0.2) is 33.5 Å². The number of aromatic hydroxyl groups is 1. The number of carbonyl (C=O) groups excluding carboxylic acids is 7. The van der Waals surface area contributed by atoms with Crippen LogP contribution in [0.3, 0.4) is 0 Å². The van der Waals surface area contributed by atoms with Crippen LogP contribution in [0.4, 0.5) is 34.1 Å². The molecule has 19 rings (SSSR count). The highest BCUT2D eigenvalue weighted by molar-refractivity contribution is 7.98. The zero-order chi connectivity index (χ0) is 104. The van der Waals surface area contributed by atoms with Crippen LogP contribution in [0.2, 0.25) is 0 Å². The number of carbonyl (C=O) groups is 7. The van der Waals surface area contributed by atoms with Gasteiger partial charge in [0.05, 0.1) is 50.6 Å². The molecule has 19 N–H and O–H groups in total. The molecule has 0 saturated carbocycles. The average Bonchev–Trinajstić information content (AvgIpc) is 1.51. The maximum Gasteiger partial charge on any atom is 0.228 e. The number of hydrogen-bond acceptors (Lipinski definition) is 21. The van der Waals surface area contributed by atoms with E-state index in [0.717, 1.165) is 111 Å². The van der Waals surface area contributed by atoms with Crippen LogP contribution < -0.4 is 75.2 Å². The number of anilines is 6. The molecule has 766 valence electrons. The first-order valence-corrected chi connectivity index (χ1v) is 50.6. The van der Waals surface area contributed by atoms with Crippen LogP contribution in [0, 0.1) is 35.5 Å². The minimum atomic E-state index is -0.933. The van der Waals surface area contributed by atoms with Gasteiger partial charge in [-0.25, -0.2) is 0 Å². The van der Waals surface area contributed by atoms with E-state index in [2.05, 4.69) is 39.5 Å². The Morgan fingerprint density at radius 3 is 1.26 bits per heavy atom. The average molecular weight is 2010 g/mol. The molecule has 8 aliphatic rings.